The van der Waals surface area contributed by atoms with Crippen LogP contribution >= 0.6 is 11.3 Å². The molecule has 5 nitrogen and oxygen atoms in total. The Bertz CT molecular complexity index is 1250. The van der Waals surface area contributed by atoms with Crippen LogP contribution < -0.4 is 10.0 Å². The molecule has 0 radical (unpaired) electrons. The lowest BCUT2D eigenvalue weighted by Crippen LogP contribution is -2.17. The van der Waals surface area contributed by atoms with Gasteiger partial charge in [0, 0.05) is 10.9 Å². The Labute approximate surface area is 164 Å². The van der Waals surface area contributed by atoms with Gasteiger partial charge in [-0.15, -0.1) is 0 Å². The van der Waals surface area contributed by atoms with Crippen molar-refractivity contribution in [2.24, 2.45) is 5.14 Å². The zero-order chi connectivity index (χ0) is 21.7. The fourth-order valence-corrected chi connectivity index (χ4v) is 4.21. The lowest BCUT2D eigenvalue weighted by Gasteiger charge is -2.14. The molecule has 1 heterocycles. The highest BCUT2D eigenvalue weighted by Gasteiger charge is 2.33. The highest BCUT2D eigenvalue weighted by Crippen LogP contribution is 2.34. The van der Waals surface area contributed by atoms with E-state index >= 15 is 0 Å². The molecule has 1 aromatic heterocycles. The average Bonchev–Trinajstić information content (AvgIpc) is 2.94. The Balaban J connectivity index is 2.25. The van der Waals surface area contributed by atoms with Crippen molar-refractivity contribution in [3.05, 3.63) is 68.1 Å². The van der Waals surface area contributed by atoms with Crippen molar-refractivity contribution in [1.82, 2.24) is 4.57 Å². The normalized spacial score (nSPS) is 12.4. The van der Waals surface area contributed by atoms with Crippen molar-refractivity contribution in [2.75, 3.05) is 0 Å². The molecule has 154 valence electrons. The molecule has 29 heavy (non-hydrogen) atoms. The van der Waals surface area contributed by atoms with Crippen LogP contribution in [-0.2, 0) is 16.2 Å². The second-order valence-corrected chi connectivity index (χ2v) is 8.35. The van der Waals surface area contributed by atoms with E-state index in [-0.39, 0.29) is 22.5 Å². The van der Waals surface area contributed by atoms with Gasteiger partial charge in [-0.25, -0.2) is 22.3 Å². The lowest BCUT2D eigenvalue weighted by atomic mass is 10.1. The predicted molar refractivity (Wildman–Crippen MR) is 96.4 cm³/mol. The van der Waals surface area contributed by atoms with Gasteiger partial charge in [0.2, 0.25) is 10.0 Å². The SMILES string of the molecule is Cc1ccc(-n2c(-c3cc(F)c(S(N)(=O)=O)c(F)c3)csc2=O)cc1C(F)(F)F. The van der Waals surface area contributed by atoms with Gasteiger partial charge in [-0.05, 0) is 36.8 Å². The summed E-state index contributed by atoms with van der Waals surface area (Å²) in [6, 6.07) is 4.45. The molecule has 0 aliphatic rings. The Kier molecular flexibility index (Phi) is 5.13. The smallest absolute Gasteiger partial charge is 0.267 e. The van der Waals surface area contributed by atoms with Crippen LogP contribution in [0.1, 0.15) is 11.1 Å². The fraction of sp³-hybridized carbons (Fsp3) is 0.118. The van der Waals surface area contributed by atoms with Crippen LogP contribution in [0.5, 0.6) is 0 Å². The zero-order valence-corrected chi connectivity index (χ0v) is 16.1. The maximum Gasteiger partial charge on any atom is 0.416 e. The summed E-state index contributed by atoms with van der Waals surface area (Å²) in [5.41, 5.74) is -1.57. The molecule has 0 spiro atoms. The number of benzene rings is 2. The molecule has 0 bridgehead atoms. The summed E-state index contributed by atoms with van der Waals surface area (Å²) in [4.78, 5) is 10.2. The topological polar surface area (TPSA) is 82.2 Å². The number of alkyl halides is 3. The first-order valence-corrected chi connectivity index (χ1v) is 10.1. The first-order valence-electron chi connectivity index (χ1n) is 7.71. The van der Waals surface area contributed by atoms with Crippen LogP contribution in [0.3, 0.4) is 0 Å². The first kappa shape index (κ1) is 21.1. The fourth-order valence-electron chi connectivity index (χ4n) is 2.79. The average molecular weight is 450 g/mol. The summed E-state index contributed by atoms with van der Waals surface area (Å²) in [6.07, 6.45) is -4.67. The minimum Gasteiger partial charge on any atom is -0.267 e. The van der Waals surface area contributed by atoms with Crippen LogP contribution in [0, 0.1) is 18.6 Å². The van der Waals surface area contributed by atoms with E-state index in [9.17, 15) is 35.2 Å². The summed E-state index contributed by atoms with van der Waals surface area (Å²) in [6.45, 7) is 1.25. The number of aryl methyl sites for hydroxylation is 1. The van der Waals surface area contributed by atoms with E-state index in [4.69, 9.17) is 5.14 Å². The minimum atomic E-state index is -4.69. The van der Waals surface area contributed by atoms with Gasteiger partial charge in [-0.1, -0.05) is 17.4 Å². The van der Waals surface area contributed by atoms with E-state index in [1.165, 1.54) is 18.4 Å². The molecule has 3 aromatic rings. The highest BCUT2D eigenvalue weighted by atomic mass is 32.2. The van der Waals surface area contributed by atoms with Crippen LogP contribution in [0.2, 0.25) is 0 Å². The molecule has 2 aromatic carbocycles. The molecule has 0 saturated heterocycles. The molecule has 0 unspecified atom stereocenters. The van der Waals surface area contributed by atoms with E-state index in [1.54, 1.807) is 0 Å². The number of primary sulfonamides is 1. The summed E-state index contributed by atoms with van der Waals surface area (Å²) in [7, 11) is -4.69. The number of rotatable bonds is 3. The predicted octanol–water partition coefficient (Wildman–Crippen LogP) is 3.82. The van der Waals surface area contributed by atoms with Crippen molar-refractivity contribution < 1.29 is 30.4 Å². The number of hydrogen-bond acceptors (Lipinski definition) is 4. The second kappa shape index (κ2) is 7.04. The summed E-state index contributed by atoms with van der Waals surface area (Å²) < 4.78 is 91.4. The van der Waals surface area contributed by atoms with Crippen LogP contribution in [0.4, 0.5) is 22.0 Å². The monoisotopic (exact) mass is 450 g/mol. The molecule has 12 heteroatoms. The van der Waals surface area contributed by atoms with E-state index in [2.05, 4.69) is 0 Å². The van der Waals surface area contributed by atoms with Gasteiger partial charge in [0.25, 0.3) is 0 Å². The molecule has 0 atom stereocenters. The number of sulfonamides is 1. The van der Waals surface area contributed by atoms with Crippen molar-refractivity contribution in [3.63, 3.8) is 0 Å². The third kappa shape index (κ3) is 3.95. The molecule has 0 fully saturated rings. The summed E-state index contributed by atoms with van der Waals surface area (Å²) >= 11 is 0.598. The van der Waals surface area contributed by atoms with Crippen molar-refractivity contribution in [2.45, 2.75) is 18.0 Å². The minimum absolute atomic E-state index is 0.0688. The van der Waals surface area contributed by atoms with Gasteiger partial charge in [0.15, 0.2) is 4.90 Å². The molecule has 3 rings (SSSR count). The number of halogens is 5. The Hall–Kier alpha value is -2.57. The van der Waals surface area contributed by atoms with E-state index < -0.39 is 43.2 Å². The first-order chi connectivity index (χ1) is 13.3. The van der Waals surface area contributed by atoms with Crippen molar-refractivity contribution >= 4 is 21.4 Å². The van der Waals surface area contributed by atoms with Gasteiger partial charge in [-0.2, -0.15) is 13.2 Å². The van der Waals surface area contributed by atoms with Crippen LogP contribution in [-0.4, -0.2) is 13.0 Å². The van der Waals surface area contributed by atoms with E-state index in [0.717, 1.165) is 16.7 Å². The highest BCUT2D eigenvalue weighted by molar-refractivity contribution is 7.89. The number of hydrogen-bond donors (Lipinski definition) is 1. The zero-order valence-electron chi connectivity index (χ0n) is 14.4. The third-order valence-corrected chi connectivity index (χ3v) is 5.74. The second-order valence-electron chi connectivity index (χ2n) is 6.03. The standard InChI is InChI=1S/C17H11F5N2O3S2/c1-8-2-3-10(6-11(8)17(20,21)22)24-14(7-28-16(24)25)9-4-12(18)15(13(19)5-9)29(23,26)27/h2-7H,1H3,(H2,23,26,27). The van der Waals surface area contributed by atoms with E-state index in [0.29, 0.717) is 23.5 Å². The number of thiazole rings is 1. The third-order valence-electron chi connectivity index (χ3n) is 4.06. The molecule has 2 N–H and O–H groups in total. The van der Waals surface area contributed by atoms with Crippen molar-refractivity contribution in [1.29, 1.82) is 0 Å². The molecule has 0 amide bonds. The van der Waals surface area contributed by atoms with Gasteiger partial charge in [0.1, 0.15) is 11.6 Å². The van der Waals surface area contributed by atoms with E-state index in [1.807, 2.05) is 0 Å². The molecule has 0 aliphatic carbocycles. The summed E-state index contributed by atoms with van der Waals surface area (Å²) in [5.74, 6) is -2.99. The number of aromatic nitrogens is 1. The molecular weight excluding hydrogens is 439 g/mol. The quantitative estimate of drug-likeness (QED) is 0.616. The van der Waals surface area contributed by atoms with Gasteiger partial charge < -0.3 is 0 Å². The van der Waals surface area contributed by atoms with Crippen LogP contribution in [0.25, 0.3) is 16.9 Å². The largest absolute Gasteiger partial charge is 0.416 e. The molecule has 0 aliphatic heterocycles. The van der Waals surface area contributed by atoms with Crippen molar-refractivity contribution in [3.8, 4) is 16.9 Å². The lowest BCUT2D eigenvalue weighted by molar-refractivity contribution is -0.138. The summed E-state index contributed by atoms with van der Waals surface area (Å²) in [5, 5.41) is 5.97. The Morgan fingerprint density at radius 3 is 2.17 bits per heavy atom. The Morgan fingerprint density at radius 2 is 1.66 bits per heavy atom. The number of nitrogens with zero attached hydrogens (tertiary/aromatic N) is 1. The molecule has 0 saturated carbocycles. The molecular formula is C17H11F5N2O3S2. The maximum atomic E-state index is 14.2. The van der Waals surface area contributed by atoms with Gasteiger partial charge >= 0.3 is 11.0 Å². The number of nitrogens with two attached hydrogens (primary N) is 1. The van der Waals surface area contributed by atoms with Gasteiger partial charge in [0.05, 0.1) is 16.9 Å². The van der Waals surface area contributed by atoms with Gasteiger partial charge in [-0.3, -0.25) is 9.36 Å². The Morgan fingerprint density at radius 1 is 1.07 bits per heavy atom. The van der Waals surface area contributed by atoms with Crippen LogP contribution in [0.15, 0.2) is 45.4 Å². The maximum absolute atomic E-state index is 14.2.